The molecule has 0 spiro atoms. The fourth-order valence-corrected chi connectivity index (χ4v) is 3.76. The molecule has 1 aliphatic heterocycles. The van der Waals surface area contributed by atoms with E-state index in [1.54, 1.807) is 0 Å². The van der Waals surface area contributed by atoms with E-state index >= 15 is 0 Å². The number of nitrogens with zero attached hydrogens (tertiary/aromatic N) is 2. The Labute approximate surface area is 165 Å². The molecule has 2 amide bonds. The number of piperazine rings is 1. The summed E-state index contributed by atoms with van der Waals surface area (Å²) in [5.74, 6) is 0.0797. The quantitative estimate of drug-likeness (QED) is 0.697. The van der Waals surface area contributed by atoms with Crippen LogP contribution in [0.3, 0.4) is 0 Å². The van der Waals surface area contributed by atoms with Gasteiger partial charge in [0.25, 0.3) is 11.8 Å². The van der Waals surface area contributed by atoms with Gasteiger partial charge < -0.3 is 9.80 Å². The van der Waals surface area contributed by atoms with Gasteiger partial charge in [-0.3, -0.25) is 9.59 Å². The van der Waals surface area contributed by atoms with Crippen molar-refractivity contribution in [1.82, 2.24) is 9.80 Å². The van der Waals surface area contributed by atoms with Gasteiger partial charge in [-0.2, -0.15) is 0 Å². The van der Waals surface area contributed by atoms with E-state index in [2.05, 4.69) is 6.92 Å². The summed E-state index contributed by atoms with van der Waals surface area (Å²) in [6.45, 7) is 4.33. The number of benzene rings is 3. The second kappa shape index (κ2) is 7.85. The summed E-state index contributed by atoms with van der Waals surface area (Å²) in [6, 6.07) is 21.6. The molecule has 0 radical (unpaired) electrons. The minimum atomic E-state index is 0.0381. The Hall–Kier alpha value is -3.14. The molecule has 4 rings (SSSR count). The highest BCUT2D eigenvalue weighted by molar-refractivity contribution is 6.07. The second-order valence-electron chi connectivity index (χ2n) is 7.16. The van der Waals surface area contributed by atoms with Crippen LogP contribution in [0.15, 0.2) is 66.7 Å². The van der Waals surface area contributed by atoms with Crippen LogP contribution in [0.4, 0.5) is 0 Å². The maximum atomic E-state index is 13.1. The van der Waals surface area contributed by atoms with Crippen molar-refractivity contribution in [3.05, 3.63) is 83.4 Å². The highest BCUT2D eigenvalue weighted by Gasteiger charge is 2.26. The highest BCUT2D eigenvalue weighted by Crippen LogP contribution is 2.21. The monoisotopic (exact) mass is 372 g/mol. The number of aryl methyl sites for hydroxylation is 1. The summed E-state index contributed by atoms with van der Waals surface area (Å²) >= 11 is 0. The molecule has 3 aromatic rings. The Morgan fingerprint density at radius 1 is 0.750 bits per heavy atom. The number of hydrogen-bond acceptors (Lipinski definition) is 2. The van der Waals surface area contributed by atoms with Gasteiger partial charge in [0, 0.05) is 37.3 Å². The van der Waals surface area contributed by atoms with Gasteiger partial charge in [-0.25, -0.2) is 0 Å². The minimum Gasteiger partial charge on any atom is -0.335 e. The van der Waals surface area contributed by atoms with Gasteiger partial charge in [0.2, 0.25) is 0 Å². The molecule has 142 valence electrons. The molecular formula is C24H24N2O2. The van der Waals surface area contributed by atoms with Crippen molar-refractivity contribution in [3.63, 3.8) is 0 Å². The third kappa shape index (κ3) is 3.50. The van der Waals surface area contributed by atoms with Crippen LogP contribution in [0, 0.1) is 0 Å². The van der Waals surface area contributed by atoms with Crippen LogP contribution in [0.25, 0.3) is 10.8 Å². The average Bonchev–Trinajstić information content (AvgIpc) is 2.78. The largest absolute Gasteiger partial charge is 0.335 e. The average molecular weight is 372 g/mol. The Balaban J connectivity index is 1.44. The molecule has 0 aliphatic carbocycles. The van der Waals surface area contributed by atoms with Crippen molar-refractivity contribution in [1.29, 1.82) is 0 Å². The molecule has 1 aliphatic rings. The van der Waals surface area contributed by atoms with Crippen molar-refractivity contribution in [2.24, 2.45) is 0 Å². The number of amides is 2. The maximum Gasteiger partial charge on any atom is 0.254 e. The van der Waals surface area contributed by atoms with Crippen LogP contribution in [0.1, 0.15) is 33.2 Å². The van der Waals surface area contributed by atoms with E-state index < -0.39 is 0 Å². The molecule has 4 nitrogen and oxygen atoms in total. The van der Waals surface area contributed by atoms with Crippen LogP contribution in [-0.4, -0.2) is 47.8 Å². The molecule has 0 saturated carbocycles. The molecule has 1 heterocycles. The van der Waals surface area contributed by atoms with Gasteiger partial charge in [0.1, 0.15) is 0 Å². The van der Waals surface area contributed by atoms with Gasteiger partial charge in [0.05, 0.1) is 0 Å². The minimum absolute atomic E-state index is 0.0381. The van der Waals surface area contributed by atoms with Gasteiger partial charge in [-0.05, 0) is 41.0 Å². The standard InChI is InChI=1S/C24H24N2O2/c1-2-18-10-12-20(13-11-18)23(27)25-14-16-26(17-15-25)24(28)22-9-5-7-19-6-3-4-8-21(19)22/h3-13H,2,14-17H2,1H3. The topological polar surface area (TPSA) is 40.6 Å². The fraction of sp³-hybridized carbons (Fsp3) is 0.250. The molecule has 0 N–H and O–H groups in total. The summed E-state index contributed by atoms with van der Waals surface area (Å²) in [7, 11) is 0. The zero-order valence-corrected chi connectivity index (χ0v) is 16.1. The summed E-state index contributed by atoms with van der Waals surface area (Å²) in [4.78, 5) is 29.5. The normalized spacial score (nSPS) is 14.3. The molecule has 0 atom stereocenters. The van der Waals surface area contributed by atoms with Crippen LogP contribution < -0.4 is 0 Å². The molecule has 0 bridgehead atoms. The first-order chi connectivity index (χ1) is 13.7. The lowest BCUT2D eigenvalue weighted by Gasteiger charge is -2.35. The van der Waals surface area contributed by atoms with Crippen molar-refractivity contribution in [2.75, 3.05) is 26.2 Å². The third-order valence-electron chi connectivity index (χ3n) is 5.48. The summed E-state index contributed by atoms with van der Waals surface area (Å²) < 4.78 is 0. The van der Waals surface area contributed by atoms with Gasteiger partial charge in [-0.15, -0.1) is 0 Å². The molecule has 1 fully saturated rings. The molecule has 0 aromatic heterocycles. The van der Waals surface area contributed by atoms with Crippen LogP contribution in [-0.2, 0) is 6.42 Å². The smallest absolute Gasteiger partial charge is 0.254 e. The zero-order valence-electron chi connectivity index (χ0n) is 16.1. The summed E-state index contributed by atoms with van der Waals surface area (Å²) in [5.41, 5.74) is 2.67. The predicted octanol–water partition coefficient (Wildman–Crippen LogP) is 4.00. The third-order valence-corrected chi connectivity index (χ3v) is 5.48. The molecule has 1 saturated heterocycles. The second-order valence-corrected chi connectivity index (χ2v) is 7.16. The number of carbonyl (C=O) groups is 2. The van der Waals surface area contributed by atoms with E-state index in [0.29, 0.717) is 31.7 Å². The van der Waals surface area contributed by atoms with E-state index in [1.807, 2.05) is 76.5 Å². The SMILES string of the molecule is CCc1ccc(C(=O)N2CCN(C(=O)c3cccc4ccccc34)CC2)cc1. The first-order valence-corrected chi connectivity index (χ1v) is 9.82. The predicted molar refractivity (Wildman–Crippen MR) is 112 cm³/mol. The van der Waals surface area contributed by atoms with Gasteiger partial charge >= 0.3 is 0 Å². The first kappa shape index (κ1) is 18.2. The van der Waals surface area contributed by atoms with E-state index in [9.17, 15) is 9.59 Å². The van der Waals surface area contributed by atoms with Crippen molar-refractivity contribution in [2.45, 2.75) is 13.3 Å². The van der Waals surface area contributed by atoms with E-state index in [4.69, 9.17) is 0 Å². The van der Waals surface area contributed by atoms with Gasteiger partial charge in [0.15, 0.2) is 0 Å². The van der Waals surface area contributed by atoms with Crippen molar-refractivity contribution < 1.29 is 9.59 Å². The van der Waals surface area contributed by atoms with Crippen LogP contribution >= 0.6 is 0 Å². The lowest BCUT2D eigenvalue weighted by atomic mass is 10.0. The molecule has 28 heavy (non-hydrogen) atoms. The number of fused-ring (bicyclic) bond motifs is 1. The Morgan fingerprint density at radius 2 is 1.36 bits per heavy atom. The van der Waals surface area contributed by atoms with Gasteiger partial charge in [-0.1, -0.05) is 55.5 Å². The Bertz CT molecular complexity index is 997. The molecular weight excluding hydrogens is 348 g/mol. The zero-order chi connectivity index (χ0) is 19.5. The Kier molecular flexibility index (Phi) is 5.11. The number of rotatable bonds is 3. The lowest BCUT2D eigenvalue weighted by Crippen LogP contribution is -2.50. The Morgan fingerprint density at radius 3 is 2.04 bits per heavy atom. The van der Waals surface area contributed by atoms with E-state index in [0.717, 1.165) is 22.8 Å². The fourth-order valence-electron chi connectivity index (χ4n) is 3.76. The molecule has 3 aromatic carbocycles. The van der Waals surface area contributed by atoms with Crippen molar-refractivity contribution >= 4 is 22.6 Å². The summed E-state index contributed by atoms with van der Waals surface area (Å²) in [5, 5.41) is 2.04. The van der Waals surface area contributed by atoms with Crippen LogP contribution in [0.2, 0.25) is 0 Å². The summed E-state index contributed by atoms with van der Waals surface area (Å²) in [6.07, 6.45) is 0.962. The molecule has 0 unspecified atom stereocenters. The lowest BCUT2D eigenvalue weighted by molar-refractivity contribution is 0.0536. The number of hydrogen-bond donors (Lipinski definition) is 0. The van der Waals surface area contributed by atoms with Crippen molar-refractivity contribution in [3.8, 4) is 0 Å². The number of carbonyl (C=O) groups excluding carboxylic acids is 2. The van der Waals surface area contributed by atoms with E-state index in [-0.39, 0.29) is 11.8 Å². The molecule has 4 heteroatoms. The highest BCUT2D eigenvalue weighted by atomic mass is 16.2. The van der Waals surface area contributed by atoms with E-state index in [1.165, 1.54) is 5.56 Å². The van der Waals surface area contributed by atoms with Crippen LogP contribution in [0.5, 0.6) is 0 Å². The maximum absolute atomic E-state index is 13.1. The first-order valence-electron chi connectivity index (χ1n) is 9.82.